The SMILES string of the molecule is CCCC(N)C(=O)NC(C)CCS(C)(=O)=O.Cl. The molecule has 0 aromatic heterocycles. The highest BCUT2D eigenvalue weighted by atomic mass is 35.5. The molecule has 0 aliphatic heterocycles. The Morgan fingerprint density at radius 2 is 1.88 bits per heavy atom. The molecular formula is C10H23ClN2O3S. The zero-order valence-corrected chi connectivity index (χ0v) is 12.2. The van der Waals surface area contributed by atoms with Crippen molar-refractivity contribution < 1.29 is 13.2 Å². The summed E-state index contributed by atoms with van der Waals surface area (Å²) in [5.74, 6) is -0.125. The summed E-state index contributed by atoms with van der Waals surface area (Å²) in [5, 5.41) is 2.71. The van der Waals surface area contributed by atoms with E-state index in [4.69, 9.17) is 5.73 Å². The zero-order valence-electron chi connectivity index (χ0n) is 10.6. The first-order valence-corrected chi connectivity index (χ1v) is 7.56. The quantitative estimate of drug-likeness (QED) is 0.712. The van der Waals surface area contributed by atoms with Gasteiger partial charge in [-0.25, -0.2) is 8.42 Å². The highest BCUT2D eigenvalue weighted by molar-refractivity contribution is 7.90. The summed E-state index contributed by atoms with van der Waals surface area (Å²) in [6, 6.07) is -0.657. The van der Waals surface area contributed by atoms with E-state index in [1.807, 2.05) is 6.92 Å². The number of sulfone groups is 1. The summed E-state index contributed by atoms with van der Waals surface area (Å²) < 4.78 is 21.8. The van der Waals surface area contributed by atoms with E-state index in [0.717, 1.165) is 6.42 Å². The molecule has 0 saturated carbocycles. The summed E-state index contributed by atoms with van der Waals surface area (Å²) >= 11 is 0. The van der Waals surface area contributed by atoms with Gasteiger partial charge < -0.3 is 11.1 Å². The Morgan fingerprint density at radius 1 is 1.35 bits per heavy atom. The minimum Gasteiger partial charge on any atom is -0.352 e. The summed E-state index contributed by atoms with van der Waals surface area (Å²) in [6.45, 7) is 3.74. The van der Waals surface area contributed by atoms with E-state index in [1.165, 1.54) is 6.26 Å². The number of carbonyl (C=O) groups is 1. The number of halogens is 1. The number of nitrogens with two attached hydrogens (primary N) is 1. The Morgan fingerprint density at radius 3 is 2.29 bits per heavy atom. The first kappa shape index (κ1) is 19.0. The average Bonchev–Trinajstić information content (AvgIpc) is 2.14. The molecule has 5 nitrogen and oxygen atoms in total. The van der Waals surface area contributed by atoms with Gasteiger partial charge >= 0.3 is 0 Å². The maximum atomic E-state index is 11.5. The van der Waals surface area contributed by atoms with Crippen LogP contribution in [0.3, 0.4) is 0 Å². The van der Waals surface area contributed by atoms with E-state index >= 15 is 0 Å². The average molecular weight is 287 g/mol. The molecule has 104 valence electrons. The van der Waals surface area contributed by atoms with Crippen molar-refractivity contribution in [2.45, 2.75) is 45.2 Å². The molecule has 0 aliphatic rings. The van der Waals surface area contributed by atoms with Gasteiger partial charge in [-0.2, -0.15) is 0 Å². The Labute approximate surface area is 110 Å². The first-order valence-electron chi connectivity index (χ1n) is 5.50. The molecule has 3 N–H and O–H groups in total. The molecule has 0 aromatic carbocycles. The molecule has 0 heterocycles. The molecule has 0 fully saturated rings. The van der Waals surface area contributed by atoms with Gasteiger partial charge in [0, 0.05) is 12.3 Å². The van der Waals surface area contributed by atoms with Crippen molar-refractivity contribution in [2.75, 3.05) is 12.0 Å². The van der Waals surface area contributed by atoms with Crippen molar-refractivity contribution >= 4 is 28.2 Å². The van der Waals surface area contributed by atoms with E-state index in [-0.39, 0.29) is 30.1 Å². The third kappa shape index (κ3) is 10.5. The molecule has 17 heavy (non-hydrogen) atoms. The van der Waals surface area contributed by atoms with Crippen LogP contribution in [0.25, 0.3) is 0 Å². The van der Waals surface area contributed by atoms with Gasteiger partial charge in [-0.3, -0.25) is 4.79 Å². The topological polar surface area (TPSA) is 89.3 Å². The Balaban J connectivity index is 0. The molecule has 1 amide bonds. The first-order chi connectivity index (χ1) is 7.26. The van der Waals surface area contributed by atoms with Gasteiger partial charge in [-0.15, -0.1) is 12.4 Å². The Hall–Kier alpha value is -0.330. The lowest BCUT2D eigenvalue weighted by molar-refractivity contribution is -0.123. The maximum Gasteiger partial charge on any atom is 0.237 e. The van der Waals surface area contributed by atoms with Crippen LogP contribution >= 0.6 is 12.4 Å². The van der Waals surface area contributed by atoms with Crippen molar-refractivity contribution in [2.24, 2.45) is 5.73 Å². The van der Waals surface area contributed by atoms with Crippen LogP contribution in [0.2, 0.25) is 0 Å². The lowest BCUT2D eigenvalue weighted by Crippen LogP contribution is -2.44. The second-order valence-electron chi connectivity index (χ2n) is 4.22. The van der Waals surface area contributed by atoms with E-state index < -0.39 is 15.9 Å². The van der Waals surface area contributed by atoms with Crippen LogP contribution in [-0.2, 0) is 14.6 Å². The predicted octanol–water partition coefficient (Wildman–Crippen LogP) is 0.475. The number of amides is 1. The minimum atomic E-state index is -2.97. The van der Waals surface area contributed by atoms with Crippen LogP contribution in [0.5, 0.6) is 0 Å². The molecule has 0 aromatic rings. The standard InChI is InChI=1S/C10H22N2O3S.ClH/c1-4-5-9(11)10(13)12-8(2)6-7-16(3,14)15;/h8-9H,4-7,11H2,1-3H3,(H,12,13);1H. The molecule has 0 bridgehead atoms. The Bertz CT molecular complexity index is 320. The van der Waals surface area contributed by atoms with Gasteiger partial charge in [0.2, 0.25) is 5.91 Å². The molecule has 7 heteroatoms. The number of hydrogen-bond donors (Lipinski definition) is 2. The number of hydrogen-bond acceptors (Lipinski definition) is 4. The summed E-state index contributed by atoms with van der Waals surface area (Å²) in [6.07, 6.45) is 3.10. The van der Waals surface area contributed by atoms with E-state index in [0.29, 0.717) is 12.8 Å². The van der Waals surface area contributed by atoms with Gasteiger partial charge in [0.1, 0.15) is 9.84 Å². The third-order valence-corrected chi connectivity index (χ3v) is 3.22. The fourth-order valence-corrected chi connectivity index (χ4v) is 2.04. The van der Waals surface area contributed by atoms with Crippen molar-refractivity contribution in [1.29, 1.82) is 0 Å². The van der Waals surface area contributed by atoms with Crippen molar-refractivity contribution in [3.63, 3.8) is 0 Å². The largest absolute Gasteiger partial charge is 0.352 e. The van der Waals surface area contributed by atoms with Crippen LogP contribution in [0.15, 0.2) is 0 Å². The minimum absolute atomic E-state index is 0. The number of nitrogens with one attached hydrogen (secondary N) is 1. The molecule has 0 aliphatic carbocycles. The highest BCUT2D eigenvalue weighted by Gasteiger charge is 2.15. The van der Waals surface area contributed by atoms with Gasteiger partial charge in [0.15, 0.2) is 0 Å². The molecule has 0 radical (unpaired) electrons. The van der Waals surface area contributed by atoms with Crippen LogP contribution in [0.4, 0.5) is 0 Å². The highest BCUT2D eigenvalue weighted by Crippen LogP contribution is 1.98. The molecule has 2 unspecified atom stereocenters. The molecule has 2 atom stereocenters. The monoisotopic (exact) mass is 286 g/mol. The lowest BCUT2D eigenvalue weighted by Gasteiger charge is -2.16. The van der Waals surface area contributed by atoms with Crippen LogP contribution in [0, 0.1) is 0 Å². The van der Waals surface area contributed by atoms with E-state index in [1.54, 1.807) is 6.92 Å². The van der Waals surface area contributed by atoms with E-state index in [2.05, 4.69) is 5.32 Å². The van der Waals surface area contributed by atoms with Crippen molar-refractivity contribution in [3.8, 4) is 0 Å². The van der Waals surface area contributed by atoms with Crippen LogP contribution in [-0.4, -0.2) is 38.4 Å². The van der Waals surface area contributed by atoms with Gasteiger partial charge in [-0.05, 0) is 19.8 Å². The van der Waals surface area contributed by atoms with Gasteiger partial charge in [0.05, 0.1) is 11.8 Å². The maximum absolute atomic E-state index is 11.5. The fraction of sp³-hybridized carbons (Fsp3) is 0.900. The van der Waals surface area contributed by atoms with Crippen LogP contribution in [0.1, 0.15) is 33.1 Å². The fourth-order valence-electron chi connectivity index (χ4n) is 1.26. The van der Waals surface area contributed by atoms with Crippen molar-refractivity contribution in [1.82, 2.24) is 5.32 Å². The normalized spacial score (nSPS) is 14.6. The predicted molar refractivity (Wildman–Crippen MR) is 72.1 cm³/mol. The van der Waals surface area contributed by atoms with Gasteiger partial charge in [-0.1, -0.05) is 13.3 Å². The van der Waals surface area contributed by atoms with E-state index in [9.17, 15) is 13.2 Å². The molecule has 0 saturated heterocycles. The summed E-state index contributed by atoms with van der Waals surface area (Å²) in [7, 11) is -2.97. The molecular weight excluding hydrogens is 264 g/mol. The van der Waals surface area contributed by atoms with Crippen LogP contribution < -0.4 is 11.1 Å². The molecule has 0 spiro atoms. The Kier molecular flexibility index (Phi) is 9.75. The summed E-state index contributed by atoms with van der Waals surface area (Å²) in [5.41, 5.74) is 5.63. The molecule has 0 rings (SSSR count). The third-order valence-electron chi connectivity index (χ3n) is 2.25. The van der Waals surface area contributed by atoms with Crippen molar-refractivity contribution in [3.05, 3.63) is 0 Å². The second-order valence-corrected chi connectivity index (χ2v) is 6.48. The van der Waals surface area contributed by atoms with Gasteiger partial charge in [0.25, 0.3) is 0 Å². The second kappa shape index (κ2) is 8.72. The number of carbonyl (C=O) groups excluding carboxylic acids is 1. The smallest absolute Gasteiger partial charge is 0.237 e. The number of rotatable bonds is 7. The lowest BCUT2D eigenvalue weighted by atomic mass is 10.1. The zero-order chi connectivity index (χ0) is 12.8. The summed E-state index contributed by atoms with van der Waals surface area (Å²) in [4.78, 5) is 11.5.